The van der Waals surface area contributed by atoms with Crippen molar-refractivity contribution in [2.45, 2.75) is 39.2 Å². The number of urea groups is 1. The van der Waals surface area contributed by atoms with Gasteiger partial charge in [-0.15, -0.1) is 0 Å². The Morgan fingerprint density at radius 1 is 1.19 bits per heavy atom. The molecule has 3 N–H and O–H groups in total. The molecule has 1 fully saturated rings. The van der Waals surface area contributed by atoms with Gasteiger partial charge >= 0.3 is 6.03 Å². The number of nitrogens with one attached hydrogen (secondary N) is 3. The zero-order chi connectivity index (χ0) is 22.0. The highest BCUT2D eigenvalue weighted by molar-refractivity contribution is 7.92. The second-order valence-corrected chi connectivity index (χ2v) is 9.66. The fourth-order valence-corrected chi connectivity index (χ4v) is 5.18. The third-order valence-corrected chi connectivity index (χ3v) is 7.03. The van der Waals surface area contributed by atoms with E-state index in [4.69, 9.17) is 0 Å². The Hall–Kier alpha value is -3.07. The number of H-pyrrole nitrogens is 1. The van der Waals surface area contributed by atoms with Crippen LogP contribution >= 0.6 is 0 Å². The van der Waals surface area contributed by atoms with Crippen LogP contribution in [0.3, 0.4) is 0 Å². The van der Waals surface area contributed by atoms with E-state index in [1.54, 1.807) is 30.0 Å². The van der Waals surface area contributed by atoms with Crippen molar-refractivity contribution in [1.82, 2.24) is 14.9 Å². The Bertz CT molecular complexity index is 1170. The van der Waals surface area contributed by atoms with Crippen LogP contribution in [0.5, 0.6) is 0 Å². The van der Waals surface area contributed by atoms with Crippen molar-refractivity contribution in [3.8, 4) is 0 Å². The molecule has 8 nitrogen and oxygen atoms in total. The molecular formula is C22H27N5O3S. The molecule has 1 aliphatic rings. The molecule has 1 aliphatic heterocycles. The molecule has 1 aromatic heterocycles. The van der Waals surface area contributed by atoms with Crippen molar-refractivity contribution in [1.29, 1.82) is 0 Å². The average molecular weight is 442 g/mol. The first-order chi connectivity index (χ1) is 14.9. The molecule has 0 aliphatic carbocycles. The van der Waals surface area contributed by atoms with Gasteiger partial charge in [-0.3, -0.25) is 4.72 Å². The predicted molar refractivity (Wildman–Crippen MR) is 123 cm³/mol. The van der Waals surface area contributed by atoms with Gasteiger partial charge < -0.3 is 15.2 Å². The number of likely N-dealkylation sites (tertiary alicyclic amines) is 1. The van der Waals surface area contributed by atoms with Gasteiger partial charge in [-0.05, 0) is 56.0 Å². The molecule has 1 unspecified atom stereocenters. The minimum atomic E-state index is -3.41. The Morgan fingerprint density at radius 2 is 1.97 bits per heavy atom. The minimum absolute atomic E-state index is 0.0516. The Morgan fingerprint density at radius 3 is 2.74 bits per heavy atom. The average Bonchev–Trinajstić information content (AvgIpc) is 3.37. The molecule has 4 rings (SSSR count). The van der Waals surface area contributed by atoms with E-state index >= 15 is 0 Å². The summed E-state index contributed by atoms with van der Waals surface area (Å²) >= 11 is 0. The summed E-state index contributed by atoms with van der Waals surface area (Å²) in [4.78, 5) is 22.9. The molecule has 2 heterocycles. The van der Waals surface area contributed by atoms with E-state index < -0.39 is 10.0 Å². The zero-order valence-corrected chi connectivity index (χ0v) is 18.5. The maximum Gasteiger partial charge on any atom is 0.322 e. The van der Waals surface area contributed by atoms with Crippen LogP contribution < -0.4 is 10.0 Å². The number of amides is 2. The lowest BCUT2D eigenvalue weighted by Gasteiger charge is -2.24. The van der Waals surface area contributed by atoms with E-state index in [9.17, 15) is 13.2 Å². The van der Waals surface area contributed by atoms with E-state index in [1.807, 2.05) is 31.2 Å². The number of fused-ring (bicyclic) bond motifs is 1. The van der Waals surface area contributed by atoms with Gasteiger partial charge in [0.05, 0.1) is 28.5 Å². The van der Waals surface area contributed by atoms with Gasteiger partial charge in [0.2, 0.25) is 10.0 Å². The summed E-state index contributed by atoms with van der Waals surface area (Å²) < 4.78 is 26.9. The molecule has 31 heavy (non-hydrogen) atoms. The van der Waals surface area contributed by atoms with Gasteiger partial charge in [0.1, 0.15) is 5.82 Å². The number of sulfonamides is 1. The summed E-state index contributed by atoms with van der Waals surface area (Å²) in [7, 11) is -3.41. The quantitative estimate of drug-likeness (QED) is 0.527. The SMILES string of the molecule is CCCS(=O)(=O)Nc1cccc(NC(=O)N2CCCC2c2nc3ccccc3[nH]2)c1C. The molecule has 164 valence electrons. The van der Waals surface area contributed by atoms with E-state index in [1.165, 1.54) is 0 Å². The fourth-order valence-electron chi connectivity index (χ4n) is 3.98. The number of para-hydroxylation sites is 2. The van der Waals surface area contributed by atoms with Gasteiger partial charge in [-0.2, -0.15) is 0 Å². The number of rotatable bonds is 6. The first kappa shape index (κ1) is 21.2. The fraction of sp³-hybridized carbons (Fsp3) is 0.364. The summed E-state index contributed by atoms with van der Waals surface area (Å²) in [5, 5.41) is 2.95. The lowest BCUT2D eigenvalue weighted by molar-refractivity contribution is 0.205. The smallest absolute Gasteiger partial charge is 0.322 e. The maximum atomic E-state index is 13.1. The number of carbonyl (C=O) groups excluding carboxylic acids is 1. The summed E-state index contributed by atoms with van der Waals surface area (Å²) in [5.74, 6) is 0.836. The van der Waals surface area contributed by atoms with Crippen LogP contribution in [0.2, 0.25) is 0 Å². The first-order valence-electron chi connectivity index (χ1n) is 10.5. The number of nitrogens with zero attached hydrogens (tertiary/aromatic N) is 2. The normalized spacial score (nSPS) is 16.6. The van der Waals surface area contributed by atoms with Crippen LogP contribution in [0.25, 0.3) is 11.0 Å². The monoisotopic (exact) mass is 441 g/mol. The minimum Gasteiger partial charge on any atom is -0.340 e. The van der Waals surface area contributed by atoms with Crippen molar-refractivity contribution < 1.29 is 13.2 Å². The number of hydrogen-bond donors (Lipinski definition) is 3. The first-order valence-corrected chi connectivity index (χ1v) is 12.2. The largest absolute Gasteiger partial charge is 0.340 e. The van der Waals surface area contributed by atoms with Crippen LogP contribution in [0.4, 0.5) is 16.2 Å². The number of benzene rings is 2. The summed E-state index contributed by atoms with van der Waals surface area (Å²) in [6, 6.07) is 12.7. The molecule has 0 saturated carbocycles. The Labute approximate surface area is 182 Å². The molecule has 2 aromatic carbocycles. The summed E-state index contributed by atoms with van der Waals surface area (Å²) in [5.41, 5.74) is 3.56. The number of hydrogen-bond acceptors (Lipinski definition) is 4. The van der Waals surface area contributed by atoms with Gasteiger partial charge in [-0.1, -0.05) is 25.1 Å². The topological polar surface area (TPSA) is 107 Å². The second kappa shape index (κ2) is 8.58. The molecule has 2 amide bonds. The van der Waals surface area contributed by atoms with E-state index in [-0.39, 0.29) is 17.8 Å². The second-order valence-electron chi connectivity index (χ2n) is 7.82. The van der Waals surface area contributed by atoms with Crippen molar-refractivity contribution in [2.24, 2.45) is 0 Å². The van der Waals surface area contributed by atoms with Gasteiger partial charge in [0.25, 0.3) is 0 Å². The van der Waals surface area contributed by atoms with Gasteiger partial charge in [0.15, 0.2) is 0 Å². The lowest BCUT2D eigenvalue weighted by Crippen LogP contribution is -2.35. The van der Waals surface area contributed by atoms with Crippen LogP contribution in [-0.4, -0.2) is 41.6 Å². The highest BCUT2D eigenvalue weighted by atomic mass is 32.2. The highest BCUT2D eigenvalue weighted by Crippen LogP contribution is 2.33. The Balaban J connectivity index is 1.53. The van der Waals surface area contributed by atoms with E-state index in [2.05, 4.69) is 20.0 Å². The molecule has 0 spiro atoms. The van der Waals surface area contributed by atoms with Crippen molar-refractivity contribution >= 4 is 38.5 Å². The zero-order valence-electron chi connectivity index (χ0n) is 17.7. The maximum absolute atomic E-state index is 13.1. The number of anilines is 2. The number of carbonyl (C=O) groups is 1. The Kier molecular flexibility index (Phi) is 5.86. The van der Waals surface area contributed by atoms with Crippen molar-refractivity contribution in [3.63, 3.8) is 0 Å². The number of imidazole rings is 1. The van der Waals surface area contributed by atoms with Crippen molar-refractivity contribution in [3.05, 3.63) is 53.9 Å². The van der Waals surface area contributed by atoms with Crippen LogP contribution in [0.15, 0.2) is 42.5 Å². The third kappa shape index (κ3) is 4.51. The van der Waals surface area contributed by atoms with Crippen LogP contribution in [0, 0.1) is 6.92 Å². The molecule has 9 heteroatoms. The van der Waals surface area contributed by atoms with Crippen molar-refractivity contribution in [2.75, 3.05) is 22.3 Å². The van der Waals surface area contributed by atoms with Crippen LogP contribution in [0.1, 0.15) is 43.6 Å². The number of aromatic amines is 1. The van der Waals surface area contributed by atoms with E-state index in [0.717, 1.165) is 29.7 Å². The van der Waals surface area contributed by atoms with Gasteiger partial charge in [0, 0.05) is 12.2 Å². The van der Waals surface area contributed by atoms with E-state index in [0.29, 0.717) is 29.9 Å². The molecule has 0 bridgehead atoms. The lowest BCUT2D eigenvalue weighted by atomic mass is 10.1. The summed E-state index contributed by atoms with van der Waals surface area (Å²) in [6.07, 6.45) is 2.26. The number of aromatic nitrogens is 2. The molecule has 0 radical (unpaired) electrons. The predicted octanol–water partition coefficient (Wildman–Crippen LogP) is 4.39. The van der Waals surface area contributed by atoms with Crippen LogP contribution in [-0.2, 0) is 10.0 Å². The summed E-state index contributed by atoms with van der Waals surface area (Å²) in [6.45, 7) is 4.24. The molecule has 1 atom stereocenters. The third-order valence-electron chi connectivity index (χ3n) is 5.55. The molecule has 3 aromatic rings. The van der Waals surface area contributed by atoms with Gasteiger partial charge in [-0.25, -0.2) is 18.2 Å². The molecular weight excluding hydrogens is 414 g/mol. The standard InChI is InChI=1S/C22H27N5O3S/c1-3-14-31(29,30)26-17-11-6-10-16(15(17)2)25-22(28)27-13-7-12-20(27)21-23-18-8-4-5-9-19(18)24-21/h4-6,8-11,20,26H,3,7,12-14H2,1-2H3,(H,23,24)(H,25,28). The highest BCUT2D eigenvalue weighted by Gasteiger charge is 2.32. The molecule has 1 saturated heterocycles.